The highest BCUT2D eigenvalue weighted by Gasteiger charge is 2.22. The van der Waals surface area contributed by atoms with E-state index in [1.54, 1.807) is 53.4 Å². The highest BCUT2D eigenvalue weighted by molar-refractivity contribution is 6.01. The van der Waals surface area contributed by atoms with Crippen molar-refractivity contribution in [1.29, 1.82) is 0 Å². The fourth-order valence-corrected chi connectivity index (χ4v) is 3.72. The van der Waals surface area contributed by atoms with Gasteiger partial charge in [-0.25, -0.2) is 4.79 Å². The molecule has 0 bridgehead atoms. The zero-order valence-electron chi connectivity index (χ0n) is 17.2. The van der Waals surface area contributed by atoms with Crippen molar-refractivity contribution in [3.8, 4) is 5.75 Å². The summed E-state index contributed by atoms with van der Waals surface area (Å²) in [5.74, 6) is -0.195. The van der Waals surface area contributed by atoms with E-state index in [2.05, 4.69) is 0 Å². The Balaban J connectivity index is 1.29. The molecule has 7 nitrogen and oxygen atoms in total. The number of anilines is 1. The summed E-state index contributed by atoms with van der Waals surface area (Å²) in [6.07, 6.45) is 3.51. The third-order valence-corrected chi connectivity index (χ3v) is 5.44. The Hall–Kier alpha value is -3.19. The molecule has 2 saturated heterocycles. The molecule has 2 aliphatic heterocycles. The van der Waals surface area contributed by atoms with Crippen molar-refractivity contribution < 1.29 is 28.6 Å². The molecule has 2 fully saturated rings. The minimum absolute atomic E-state index is 0.0548. The highest BCUT2D eigenvalue weighted by atomic mass is 16.5. The molecule has 2 aliphatic rings. The Kier molecular flexibility index (Phi) is 6.62. The van der Waals surface area contributed by atoms with Crippen molar-refractivity contribution >= 4 is 23.3 Å². The number of ketones is 1. The number of amides is 1. The van der Waals surface area contributed by atoms with Crippen molar-refractivity contribution in [3.05, 3.63) is 59.7 Å². The summed E-state index contributed by atoms with van der Waals surface area (Å²) in [4.78, 5) is 38.4. The van der Waals surface area contributed by atoms with E-state index in [0.29, 0.717) is 42.1 Å². The molecular weight excluding hydrogens is 398 g/mol. The van der Waals surface area contributed by atoms with Crippen LogP contribution in [0, 0.1) is 0 Å². The SMILES string of the molecule is O=C(COC(=O)c1ccc(OC[C@@H]2CCCO2)cc1)c1cccc(N2CCCC2=O)c1. The summed E-state index contributed by atoms with van der Waals surface area (Å²) in [6.45, 7) is 1.55. The lowest BCUT2D eigenvalue weighted by Gasteiger charge is -2.16. The molecule has 1 atom stereocenters. The number of carbonyl (C=O) groups is 3. The van der Waals surface area contributed by atoms with Gasteiger partial charge in [-0.2, -0.15) is 0 Å². The molecule has 162 valence electrons. The van der Waals surface area contributed by atoms with Crippen LogP contribution in [0.5, 0.6) is 5.75 Å². The van der Waals surface area contributed by atoms with Crippen LogP contribution >= 0.6 is 0 Å². The third-order valence-electron chi connectivity index (χ3n) is 5.44. The number of hydrogen-bond donors (Lipinski definition) is 0. The summed E-state index contributed by atoms with van der Waals surface area (Å²) in [5.41, 5.74) is 1.44. The van der Waals surface area contributed by atoms with E-state index in [0.717, 1.165) is 25.9 Å². The van der Waals surface area contributed by atoms with Gasteiger partial charge in [0, 0.05) is 30.8 Å². The molecule has 0 aliphatic carbocycles. The maximum Gasteiger partial charge on any atom is 0.338 e. The van der Waals surface area contributed by atoms with Crippen LogP contribution in [-0.4, -0.2) is 50.1 Å². The fraction of sp³-hybridized carbons (Fsp3) is 0.375. The quantitative estimate of drug-likeness (QED) is 0.478. The lowest BCUT2D eigenvalue weighted by Crippen LogP contribution is -2.24. The molecule has 0 spiro atoms. The van der Waals surface area contributed by atoms with E-state index in [9.17, 15) is 14.4 Å². The summed E-state index contributed by atoms with van der Waals surface area (Å²) in [6, 6.07) is 13.5. The van der Waals surface area contributed by atoms with E-state index in [1.165, 1.54) is 0 Å². The zero-order valence-corrected chi connectivity index (χ0v) is 17.2. The lowest BCUT2D eigenvalue weighted by molar-refractivity contribution is -0.117. The van der Waals surface area contributed by atoms with Gasteiger partial charge >= 0.3 is 5.97 Å². The van der Waals surface area contributed by atoms with Gasteiger partial charge in [0.05, 0.1) is 11.7 Å². The first-order valence-electron chi connectivity index (χ1n) is 10.6. The molecule has 0 unspecified atom stereocenters. The summed E-state index contributed by atoms with van der Waals surface area (Å²) < 4.78 is 16.4. The largest absolute Gasteiger partial charge is 0.491 e. The second kappa shape index (κ2) is 9.75. The second-order valence-corrected chi connectivity index (χ2v) is 7.67. The predicted molar refractivity (Wildman–Crippen MR) is 114 cm³/mol. The van der Waals surface area contributed by atoms with Crippen molar-refractivity contribution in [1.82, 2.24) is 0 Å². The Labute approximate surface area is 180 Å². The van der Waals surface area contributed by atoms with E-state index in [4.69, 9.17) is 14.2 Å². The number of nitrogens with zero attached hydrogens (tertiary/aromatic N) is 1. The molecule has 31 heavy (non-hydrogen) atoms. The van der Waals surface area contributed by atoms with Crippen molar-refractivity contribution in [2.45, 2.75) is 31.8 Å². The van der Waals surface area contributed by atoms with Crippen LogP contribution in [0.1, 0.15) is 46.4 Å². The fourth-order valence-electron chi connectivity index (χ4n) is 3.72. The molecule has 0 aromatic heterocycles. The van der Waals surface area contributed by atoms with Gasteiger partial charge in [0.15, 0.2) is 12.4 Å². The molecule has 2 heterocycles. The van der Waals surface area contributed by atoms with E-state index in [1.807, 2.05) is 0 Å². The topological polar surface area (TPSA) is 82.1 Å². The van der Waals surface area contributed by atoms with Gasteiger partial charge in [-0.1, -0.05) is 12.1 Å². The first kappa shape index (κ1) is 21.1. The molecule has 0 radical (unpaired) electrons. The van der Waals surface area contributed by atoms with Crippen LogP contribution in [0.4, 0.5) is 5.69 Å². The minimum atomic E-state index is -0.579. The van der Waals surface area contributed by atoms with Crippen molar-refractivity contribution in [3.63, 3.8) is 0 Å². The molecule has 0 saturated carbocycles. The molecular formula is C24H25NO6. The average Bonchev–Trinajstić information content (AvgIpc) is 3.48. The van der Waals surface area contributed by atoms with Crippen LogP contribution in [-0.2, 0) is 14.3 Å². The normalized spacial score (nSPS) is 18.3. The van der Waals surface area contributed by atoms with Gasteiger partial charge < -0.3 is 19.1 Å². The van der Waals surface area contributed by atoms with E-state index in [-0.39, 0.29) is 24.4 Å². The zero-order chi connectivity index (χ0) is 21.6. The van der Waals surface area contributed by atoms with Gasteiger partial charge in [-0.3, -0.25) is 9.59 Å². The number of hydrogen-bond acceptors (Lipinski definition) is 6. The Morgan fingerprint density at radius 1 is 1.06 bits per heavy atom. The summed E-state index contributed by atoms with van der Waals surface area (Å²) in [7, 11) is 0. The Morgan fingerprint density at radius 2 is 1.90 bits per heavy atom. The van der Waals surface area contributed by atoms with Crippen molar-refractivity contribution in [2.24, 2.45) is 0 Å². The molecule has 0 N–H and O–H groups in total. The minimum Gasteiger partial charge on any atom is -0.491 e. The number of rotatable bonds is 8. The van der Waals surface area contributed by atoms with E-state index >= 15 is 0 Å². The van der Waals surface area contributed by atoms with Crippen LogP contribution in [0.25, 0.3) is 0 Å². The molecule has 7 heteroatoms. The third kappa shape index (κ3) is 5.30. The van der Waals surface area contributed by atoms with Gasteiger partial charge in [-0.05, 0) is 55.7 Å². The van der Waals surface area contributed by atoms with Gasteiger partial charge in [0.1, 0.15) is 12.4 Å². The van der Waals surface area contributed by atoms with Gasteiger partial charge in [0.2, 0.25) is 5.91 Å². The smallest absolute Gasteiger partial charge is 0.338 e. The van der Waals surface area contributed by atoms with Crippen LogP contribution in [0.2, 0.25) is 0 Å². The first-order chi connectivity index (χ1) is 15.1. The maximum absolute atomic E-state index is 12.5. The molecule has 2 aromatic carbocycles. The number of carbonyl (C=O) groups excluding carboxylic acids is 3. The van der Waals surface area contributed by atoms with Crippen LogP contribution in [0.3, 0.4) is 0 Å². The number of Topliss-reactive ketones (excluding diaryl/α,β-unsaturated/α-hetero) is 1. The molecule has 4 rings (SSSR count). The van der Waals surface area contributed by atoms with Crippen molar-refractivity contribution in [2.75, 3.05) is 31.3 Å². The predicted octanol–water partition coefficient (Wildman–Crippen LogP) is 3.41. The number of esters is 1. The average molecular weight is 423 g/mol. The summed E-state index contributed by atoms with van der Waals surface area (Å²) in [5, 5.41) is 0. The van der Waals surface area contributed by atoms with E-state index < -0.39 is 5.97 Å². The standard InChI is InChI=1S/C24H25NO6/c26-22(18-4-1-5-19(14-18)25-12-2-7-23(25)27)16-31-24(28)17-8-10-20(11-9-17)30-15-21-6-3-13-29-21/h1,4-5,8-11,14,21H,2-3,6-7,12-13,15-16H2/t21-/m0/s1. The number of ether oxygens (including phenoxy) is 3. The second-order valence-electron chi connectivity index (χ2n) is 7.67. The Morgan fingerprint density at radius 3 is 2.61 bits per heavy atom. The maximum atomic E-state index is 12.5. The lowest BCUT2D eigenvalue weighted by atomic mass is 10.1. The van der Waals surface area contributed by atoms with Gasteiger partial charge in [-0.15, -0.1) is 0 Å². The Bertz CT molecular complexity index is 949. The van der Waals surface area contributed by atoms with Gasteiger partial charge in [0.25, 0.3) is 0 Å². The summed E-state index contributed by atoms with van der Waals surface area (Å²) >= 11 is 0. The highest BCUT2D eigenvalue weighted by Crippen LogP contribution is 2.22. The number of benzene rings is 2. The molecule has 2 aromatic rings. The van der Waals surface area contributed by atoms with Crippen LogP contribution in [0.15, 0.2) is 48.5 Å². The first-order valence-corrected chi connectivity index (χ1v) is 10.6. The monoisotopic (exact) mass is 423 g/mol. The van der Waals surface area contributed by atoms with Crippen LogP contribution < -0.4 is 9.64 Å². The molecule has 1 amide bonds.